The van der Waals surface area contributed by atoms with Crippen LogP contribution < -0.4 is 10.6 Å². The molecular weight excluding hydrogens is 332 g/mol. The zero-order chi connectivity index (χ0) is 18.4. The van der Waals surface area contributed by atoms with E-state index in [9.17, 15) is 18.4 Å². The fourth-order valence-electron chi connectivity index (χ4n) is 2.99. The van der Waals surface area contributed by atoms with E-state index in [1.165, 1.54) is 18.2 Å². The van der Waals surface area contributed by atoms with Gasteiger partial charge in [0.05, 0.1) is 6.54 Å². The van der Waals surface area contributed by atoms with Gasteiger partial charge in [-0.2, -0.15) is 0 Å². The molecule has 6 nitrogen and oxygen atoms in total. The number of carbonyl (C=O) groups excluding carboxylic acids is 1. The van der Waals surface area contributed by atoms with Crippen LogP contribution in [0.25, 0.3) is 0 Å². The highest BCUT2D eigenvalue weighted by Gasteiger charge is 2.34. The molecule has 0 bridgehead atoms. The number of aliphatic carboxylic acids is 1. The van der Waals surface area contributed by atoms with Gasteiger partial charge in [0.25, 0.3) is 0 Å². The maximum Gasteiger partial charge on any atom is 0.317 e. The molecule has 2 rings (SSSR count). The molecule has 3 N–H and O–H groups in total. The summed E-state index contributed by atoms with van der Waals surface area (Å²) in [6.45, 7) is 2.66. The smallest absolute Gasteiger partial charge is 0.317 e. The van der Waals surface area contributed by atoms with Gasteiger partial charge in [-0.05, 0) is 37.9 Å². The molecule has 2 amide bonds. The van der Waals surface area contributed by atoms with Crippen LogP contribution in [-0.4, -0.2) is 53.7 Å². The molecule has 25 heavy (non-hydrogen) atoms. The number of nitrogens with one attached hydrogen (secondary N) is 2. The first kappa shape index (κ1) is 19.1. The zero-order valence-electron chi connectivity index (χ0n) is 14.1. The highest BCUT2D eigenvalue weighted by atomic mass is 19.1. The Balaban J connectivity index is 1.68. The fourth-order valence-corrected chi connectivity index (χ4v) is 2.99. The second kappa shape index (κ2) is 8.75. The maximum absolute atomic E-state index is 13.5. The van der Waals surface area contributed by atoms with Gasteiger partial charge in [-0.3, -0.25) is 9.69 Å². The van der Waals surface area contributed by atoms with Crippen LogP contribution in [-0.2, 0) is 11.2 Å². The molecule has 0 atom stereocenters. The SMILES string of the molecule is CCN(CC(=O)O)C1CC(NC(=O)NCCc2c(F)cccc2F)C1. The predicted molar refractivity (Wildman–Crippen MR) is 88.3 cm³/mol. The van der Waals surface area contributed by atoms with E-state index in [0.717, 1.165) is 0 Å². The minimum Gasteiger partial charge on any atom is -0.480 e. The van der Waals surface area contributed by atoms with Gasteiger partial charge in [-0.25, -0.2) is 13.6 Å². The Kier molecular flexibility index (Phi) is 6.69. The van der Waals surface area contributed by atoms with Crippen molar-refractivity contribution in [1.82, 2.24) is 15.5 Å². The summed E-state index contributed by atoms with van der Waals surface area (Å²) in [7, 11) is 0. The lowest BCUT2D eigenvalue weighted by atomic mass is 9.85. The van der Waals surface area contributed by atoms with Crippen LogP contribution in [0.1, 0.15) is 25.3 Å². The number of nitrogens with zero attached hydrogens (tertiary/aromatic N) is 1. The highest BCUT2D eigenvalue weighted by Crippen LogP contribution is 2.25. The Morgan fingerprint density at radius 3 is 2.48 bits per heavy atom. The highest BCUT2D eigenvalue weighted by molar-refractivity contribution is 5.74. The summed E-state index contributed by atoms with van der Waals surface area (Å²) in [5.74, 6) is -2.11. The average molecular weight is 355 g/mol. The number of carboxylic acids is 1. The van der Waals surface area contributed by atoms with Gasteiger partial charge < -0.3 is 15.7 Å². The average Bonchev–Trinajstić information content (AvgIpc) is 2.51. The molecule has 8 heteroatoms. The summed E-state index contributed by atoms with van der Waals surface area (Å²) in [6.07, 6.45) is 1.45. The van der Waals surface area contributed by atoms with Crippen molar-refractivity contribution < 1.29 is 23.5 Å². The first-order chi connectivity index (χ1) is 11.9. The normalized spacial score (nSPS) is 19.4. The van der Waals surface area contributed by atoms with Gasteiger partial charge in [0.1, 0.15) is 11.6 Å². The van der Waals surface area contributed by atoms with E-state index in [-0.39, 0.29) is 43.2 Å². The molecule has 1 aliphatic carbocycles. The topological polar surface area (TPSA) is 81.7 Å². The first-order valence-electron chi connectivity index (χ1n) is 8.33. The monoisotopic (exact) mass is 355 g/mol. The number of likely N-dealkylation sites (N-methyl/N-ethyl adjacent to an activating group) is 1. The first-order valence-corrected chi connectivity index (χ1v) is 8.33. The van der Waals surface area contributed by atoms with Crippen LogP contribution in [0.4, 0.5) is 13.6 Å². The van der Waals surface area contributed by atoms with Gasteiger partial charge in [-0.15, -0.1) is 0 Å². The number of carboxylic acid groups (broad SMARTS) is 1. The Bertz CT molecular complexity index is 601. The molecule has 0 radical (unpaired) electrons. The molecule has 1 fully saturated rings. The standard InChI is InChI=1S/C17H23F2N3O3/c1-2-22(10-16(23)24)12-8-11(9-12)21-17(25)20-7-6-13-14(18)4-3-5-15(13)19/h3-5,11-12H,2,6-10H2,1H3,(H,23,24)(H2,20,21,25). The van der Waals surface area contributed by atoms with E-state index >= 15 is 0 Å². The Morgan fingerprint density at radius 2 is 1.92 bits per heavy atom. The summed E-state index contributed by atoms with van der Waals surface area (Å²) in [6, 6.07) is 3.41. The lowest BCUT2D eigenvalue weighted by molar-refractivity contribution is -0.139. The van der Waals surface area contributed by atoms with Crippen LogP contribution in [0.2, 0.25) is 0 Å². The van der Waals surface area contributed by atoms with Gasteiger partial charge >= 0.3 is 12.0 Å². The Labute approximate surface area is 145 Å². The molecule has 1 aliphatic rings. The van der Waals surface area contributed by atoms with Crippen molar-refractivity contribution >= 4 is 12.0 Å². The number of rotatable bonds is 8. The number of amides is 2. The van der Waals surface area contributed by atoms with Gasteiger partial charge in [0.15, 0.2) is 0 Å². The van der Waals surface area contributed by atoms with Crippen molar-refractivity contribution in [2.75, 3.05) is 19.6 Å². The largest absolute Gasteiger partial charge is 0.480 e. The van der Waals surface area contributed by atoms with E-state index in [0.29, 0.717) is 19.4 Å². The zero-order valence-corrected chi connectivity index (χ0v) is 14.1. The predicted octanol–water partition coefficient (Wildman–Crippen LogP) is 1.74. The molecule has 0 saturated heterocycles. The van der Waals surface area contributed by atoms with Crippen LogP contribution in [0.3, 0.4) is 0 Å². The molecule has 0 heterocycles. The van der Waals surface area contributed by atoms with Crippen molar-refractivity contribution in [2.45, 2.75) is 38.3 Å². The summed E-state index contributed by atoms with van der Waals surface area (Å²) in [5.41, 5.74) is -0.0428. The van der Waals surface area contributed by atoms with E-state index in [1.54, 1.807) is 0 Å². The third kappa shape index (κ3) is 5.38. The lowest BCUT2D eigenvalue weighted by Gasteiger charge is -2.42. The molecular formula is C17H23F2N3O3. The molecule has 138 valence electrons. The number of hydrogen-bond donors (Lipinski definition) is 3. The van der Waals surface area contributed by atoms with Crippen molar-refractivity contribution in [3.63, 3.8) is 0 Å². The van der Waals surface area contributed by atoms with Crippen LogP contribution >= 0.6 is 0 Å². The maximum atomic E-state index is 13.5. The molecule has 0 unspecified atom stereocenters. The summed E-state index contributed by atoms with van der Waals surface area (Å²) >= 11 is 0. The van der Waals surface area contributed by atoms with Crippen molar-refractivity contribution in [3.05, 3.63) is 35.4 Å². The Morgan fingerprint density at radius 1 is 1.28 bits per heavy atom. The number of halogens is 2. The number of urea groups is 1. The summed E-state index contributed by atoms with van der Waals surface area (Å²) in [5, 5.41) is 14.2. The van der Waals surface area contributed by atoms with Crippen LogP contribution in [0.15, 0.2) is 18.2 Å². The lowest BCUT2D eigenvalue weighted by Crippen LogP contribution is -2.56. The molecule has 0 aromatic heterocycles. The molecule has 0 aliphatic heterocycles. The summed E-state index contributed by atoms with van der Waals surface area (Å²) in [4.78, 5) is 24.5. The van der Waals surface area contributed by atoms with E-state index < -0.39 is 17.6 Å². The quantitative estimate of drug-likeness (QED) is 0.664. The van der Waals surface area contributed by atoms with E-state index in [4.69, 9.17) is 5.11 Å². The third-order valence-electron chi connectivity index (χ3n) is 4.43. The number of hydrogen-bond acceptors (Lipinski definition) is 3. The van der Waals surface area contributed by atoms with Gasteiger partial charge in [-0.1, -0.05) is 13.0 Å². The summed E-state index contributed by atoms with van der Waals surface area (Å²) < 4.78 is 27.0. The molecule has 1 saturated carbocycles. The van der Waals surface area contributed by atoms with Gasteiger partial charge in [0.2, 0.25) is 0 Å². The second-order valence-electron chi connectivity index (χ2n) is 6.13. The van der Waals surface area contributed by atoms with Crippen molar-refractivity contribution in [2.24, 2.45) is 0 Å². The molecule has 1 aromatic carbocycles. The van der Waals surface area contributed by atoms with Gasteiger partial charge in [0, 0.05) is 24.2 Å². The minimum atomic E-state index is -0.864. The fraction of sp³-hybridized carbons (Fsp3) is 0.529. The second-order valence-corrected chi connectivity index (χ2v) is 6.13. The van der Waals surface area contributed by atoms with Crippen LogP contribution in [0.5, 0.6) is 0 Å². The van der Waals surface area contributed by atoms with Crippen molar-refractivity contribution in [3.8, 4) is 0 Å². The third-order valence-corrected chi connectivity index (χ3v) is 4.43. The number of carbonyl (C=O) groups is 2. The van der Waals surface area contributed by atoms with Crippen molar-refractivity contribution in [1.29, 1.82) is 0 Å². The van der Waals surface area contributed by atoms with Crippen LogP contribution in [0, 0.1) is 11.6 Å². The Hall–Kier alpha value is -2.22. The van der Waals surface area contributed by atoms with E-state index in [2.05, 4.69) is 10.6 Å². The number of benzene rings is 1. The molecule has 1 aromatic rings. The minimum absolute atomic E-state index is 0.00567. The molecule has 0 spiro atoms. The van der Waals surface area contributed by atoms with E-state index in [1.807, 2.05) is 11.8 Å².